The number of anilines is 1. The summed E-state index contributed by atoms with van der Waals surface area (Å²) in [4.78, 5) is 12.8. The summed E-state index contributed by atoms with van der Waals surface area (Å²) in [5, 5.41) is 22.1. The number of aromatic hydroxyl groups is 1. The Bertz CT molecular complexity index is 1600. The Kier molecular flexibility index (Phi) is 5.84. The van der Waals surface area contributed by atoms with Crippen molar-refractivity contribution in [3.05, 3.63) is 70.9 Å². The molecule has 182 valence electrons. The summed E-state index contributed by atoms with van der Waals surface area (Å²) in [6, 6.07) is 9.84. The van der Waals surface area contributed by atoms with E-state index in [-0.39, 0.29) is 43.8 Å². The van der Waals surface area contributed by atoms with Gasteiger partial charge in [-0.05, 0) is 55.8 Å². The number of benzene rings is 2. The normalized spacial score (nSPS) is 15.9. The van der Waals surface area contributed by atoms with E-state index in [2.05, 4.69) is 15.3 Å². The van der Waals surface area contributed by atoms with E-state index in [4.69, 9.17) is 0 Å². The molecular weight excluding hydrogens is 500 g/mol. The minimum Gasteiger partial charge on any atom is -0.493 e. The summed E-state index contributed by atoms with van der Waals surface area (Å²) in [5.41, 5.74) is 1.61. The van der Waals surface area contributed by atoms with Crippen molar-refractivity contribution in [1.82, 2.24) is 10.2 Å². The maximum Gasteiger partial charge on any atom is 0.294 e. The highest BCUT2D eigenvalue weighted by atomic mass is 32.2. The minimum atomic E-state index is -4.46. The van der Waals surface area contributed by atoms with Crippen LogP contribution in [0.5, 0.6) is 5.88 Å². The molecule has 0 spiro atoms. The highest BCUT2D eigenvalue weighted by Gasteiger charge is 2.34. The zero-order valence-corrected chi connectivity index (χ0v) is 19.8. The van der Waals surface area contributed by atoms with Gasteiger partial charge in [-0.2, -0.15) is 32.0 Å². The smallest absolute Gasteiger partial charge is 0.294 e. The third-order valence-corrected chi connectivity index (χ3v) is 7.00. The lowest BCUT2D eigenvalue weighted by Crippen LogP contribution is -2.22. The van der Waals surface area contributed by atoms with Gasteiger partial charge in [0.2, 0.25) is 5.88 Å². The molecule has 0 radical (unpaired) electrons. The van der Waals surface area contributed by atoms with Gasteiger partial charge in [0.05, 0.1) is 38.0 Å². The number of carbonyl (C=O) groups is 1. The first-order chi connectivity index (χ1) is 16.3. The standard InChI is InChI=1S/C21H18N4O8S2/c1-11-17(20(26)23-22-11)19(13-3-7-15(8-4-13)34(28,29)30)18-12(2)24-25(21(18)27)14-5-9-16(10-6-14)35(31,32)33/h3-10H,1-2H3,(H2,22,23,26)(H,28,29,30)(H,31,32,33). The summed E-state index contributed by atoms with van der Waals surface area (Å²) in [7, 11) is -8.89. The molecule has 14 heteroatoms. The summed E-state index contributed by atoms with van der Waals surface area (Å²) in [6.45, 7) is 3.15. The molecule has 1 aromatic heterocycles. The highest BCUT2D eigenvalue weighted by molar-refractivity contribution is 7.86. The molecule has 0 saturated carbocycles. The molecule has 0 unspecified atom stereocenters. The van der Waals surface area contributed by atoms with E-state index in [0.717, 1.165) is 29.3 Å². The third-order valence-electron chi connectivity index (χ3n) is 5.27. The maximum absolute atomic E-state index is 13.5. The van der Waals surface area contributed by atoms with Crippen molar-refractivity contribution in [1.29, 1.82) is 0 Å². The van der Waals surface area contributed by atoms with E-state index in [1.165, 1.54) is 24.3 Å². The molecule has 2 heterocycles. The number of carbonyl (C=O) groups excluding carboxylic acids is 1. The molecule has 12 nitrogen and oxygen atoms in total. The van der Waals surface area contributed by atoms with Crippen molar-refractivity contribution in [2.45, 2.75) is 23.6 Å². The van der Waals surface area contributed by atoms with Crippen LogP contribution in [0.3, 0.4) is 0 Å². The van der Waals surface area contributed by atoms with Crippen LogP contribution in [0.1, 0.15) is 23.7 Å². The fourth-order valence-corrected chi connectivity index (χ4v) is 4.61. The van der Waals surface area contributed by atoms with Crippen LogP contribution in [0.2, 0.25) is 0 Å². The Balaban J connectivity index is 1.89. The van der Waals surface area contributed by atoms with E-state index in [0.29, 0.717) is 11.3 Å². The van der Waals surface area contributed by atoms with E-state index < -0.39 is 26.1 Å². The zero-order valence-electron chi connectivity index (χ0n) is 18.2. The number of hydrogen-bond acceptors (Lipinski definition) is 8. The van der Waals surface area contributed by atoms with Crippen LogP contribution < -0.4 is 5.01 Å². The Morgan fingerprint density at radius 3 is 1.86 bits per heavy atom. The van der Waals surface area contributed by atoms with Gasteiger partial charge in [-0.1, -0.05) is 12.1 Å². The number of aromatic nitrogens is 2. The first-order valence-electron chi connectivity index (χ1n) is 9.83. The molecule has 0 bridgehead atoms. The molecule has 1 aliphatic heterocycles. The average molecular weight is 519 g/mol. The van der Waals surface area contributed by atoms with Crippen LogP contribution >= 0.6 is 0 Å². The quantitative estimate of drug-likeness (QED) is 0.289. The molecule has 2 aromatic carbocycles. The molecular formula is C21H18N4O8S2. The van der Waals surface area contributed by atoms with Crippen molar-refractivity contribution in [3.63, 3.8) is 0 Å². The summed E-state index contributed by atoms with van der Waals surface area (Å²) >= 11 is 0. The van der Waals surface area contributed by atoms with Gasteiger partial charge in [0.25, 0.3) is 26.1 Å². The number of H-pyrrole nitrogens is 1. The number of aromatic amines is 1. The van der Waals surface area contributed by atoms with Gasteiger partial charge < -0.3 is 5.11 Å². The maximum atomic E-state index is 13.5. The zero-order chi connectivity index (χ0) is 25.7. The predicted octanol–water partition coefficient (Wildman–Crippen LogP) is 2.14. The molecule has 3 aromatic rings. The largest absolute Gasteiger partial charge is 0.493 e. The van der Waals surface area contributed by atoms with Gasteiger partial charge in [0.15, 0.2) is 0 Å². The summed E-state index contributed by atoms with van der Waals surface area (Å²) in [6.07, 6.45) is 0. The first kappa shape index (κ1) is 24.3. The predicted molar refractivity (Wildman–Crippen MR) is 124 cm³/mol. The number of hydrogen-bond donors (Lipinski definition) is 4. The number of aryl methyl sites for hydroxylation is 1. The number of hydrazone groups is 1. The molecule has 0 saturated heterocycles. The van der Waals surface area contributed by atoms with Gasteiger partial charge >= 0.3 is 0 Å². The number of amides is 1. The molecule has 0 aliphatic carbocycles. The fraction of sp³-hybridized carbons (Fsp3) is 0.0952. The molecule has 4 rings (SSSR count). The van der Waals surface area contributed by atoms with Gasteiger partial charge in [-0.25, -0.2) is 5.10 Å². The summed E-state index contributed by atoms with van der Waals surface area (Å²) < 4.78 is 64.0. The van der Waals surface area contributed by atoms with E-state index >= 15 is 0 Å². The highest BCUT2D eigenvalue weighted by Crippen LogP contribution is 2.38. The average Bonchev–Trinajstić information content (AvgIpc) is 3.27. The minimum absolute atomic E-state index is 0.0725. The Labute approximate surface area is 199 Å². The Morgan fingerprint density at radius 1 is 0.886 bits per heavy atom. The molecule has 1 amide bonds. The monoisotopic (exact) mass is 518 g/mol. The lowest BCUT2D eigenvalue weighted by Gasteiger charge is -2.15. The van der Waals surface area contributed by atoms with E-state index in [1.807, 2.05) is 0 Å². The molecule has 1 aliphatic rings. The van der Waals surface area contributed by atoms with Gasteiger partial charge in [0, 0.05) is 5.57 Å². The van der Waals surface area contributed by atoms with Gasteiger partial charge in [-0.15, -0.1) is 0 Å². The molecule has 0 atom stereocenters. The van der Waals surface area contributed by atoms with Crippen molar-refractivity contribution < 1.29 is 35.8 Å². The van der Waals surface area contributed by atoms with E-state index in [1.54, 1.807) is 13.8 Å². The van der Waals surface area contributed by atoms with Crippen LogP contribution in [-0.4, -0.2) is 52.9 Å². The SMILES string of the molecule is CC1=NN(c2ccc(S(=O)(=O)O)cc2)C(=O)C1=C(c1ccc(S(=O)(=O)O)cc1)c1c(C)n[nH]c1O. The lowest BCUT2D eigenvalue weighted by molar-refractivity contribution is -0.114. The topological polar surface area (TPSA) is 190 Å². The van der Waals surface area contributed by atoms with Crippen molar-refractivity contribution in [2.75, 3.05) is 5.01 Å². The van der Waals surface area contributed by atoms with Crippen LogP contribution in [0, 0.1) is 6.92 Å². The van der Waals surface area contributed by atoms with Gasteiger partial charge in [-0.3, -0.25) is 13.9 Å². The first-order valence-corrected chi connectivity index (χ1v) is 12.7. The van der Waals surface area contributed by atoms with Crippen molar-refractivity contribution in [2.24, 2.45) is 5.10 Å². The molecule has 0 fully saturated rings. The van der Waals surface area contributed by atoms with E-state index in [9.17, 15) is 35.8 Å². The Hall–Kier alpha value is -3.85. The van der Waals surface area contributed by atoms with Crippen LogP contribution in [0.4, 0.5) is 5.69 Å². The van der Waals surface area contributed by atoms with Crippen LogP contribution in [0.25, 0.3) is 5.57 Å². The number of nitrogens with zero attached hydrogens (tertiary/aromatic N) is 3. The fourth-order valence-electron chi connectivity index (χ4n) is 3.65. The Morgan fingerprint density at radius 2 is 1.40 bits per heavy atom. The van der Waals surface area contributed by atoms with Crippen LogP contribution in [0.15, 0.2) is 69.0 Å². The van der Waals surface area contributed by atoms with Gasteiger partial charge in [0.1, 0.15) is 0 Å². The summed E-state index contributed by atoms with van der Waals surface area (Å²) in [5.74, 6) is -0.948. The molecule has 35 heavy (non-hydrogen) atoms. The second-order valence-electron chi connectivity index (χ2n) is 7.55. The second kappa shape index (κ2) is 8.42. The third kappa shape index (κ3) is 4.46. The number of rotatable bonds is 5. The number of nitrogens with one attached hydrogen (secondary N) is 1. The molecule has 4 N–H and O–H groups in total. The van der Waals surface area contributed by atoms with Crippen molar-refractivity contribution >= 4 is 43.1 Å². The lowest BCUT2D eigenvalue weighted by atomic mass is 9.91. The second-order valence-corrected chi connectivity index (χ2v) is 10.4. The van der Waals surface area contributed by atoms with Crippen LogP contribution in [-0.2, 0) is 25.0 Å². The van der Waals surface area contributed by atoms with Crippen molar-refractivity contribution in [3.8, 4) is 5.88 Å².